The Labute approximate surface area is 194 Å². The molecule has 0 heterocycles. The summed E-state index contributed by atoms with van der Waals surface area (Å²) in [6, 6.07) is 0. The van der Waals surface area contributed by atoms with Gasteiger partial charge in [-0.1, -0.05) is 13.8 Å². The van der Waals surface area contributed by atoms with E-state index >= 15 is 0 Å². The fourth-order valence-corrected chi connectivity index (χ4v) is 2.29. The summed E-state index contributed by atoms with van der Waals surface area (Å²) < 4.78 is 26.3. The van der Waals surface area contributed by atoms with Crippen LogP contribution in [-0.4, -0.2) is 117 Å². The molecule has 0 aliphatic carbocycles. The predicted molar refractivity (Wildman–Crippen MR) is 125 cm³/mol. The molecule has 0 spiro atoms. The number of rotatable bonds is 22. The topological polar surface area (TPSA) is 108 Å². The highest BCUT2D eigenvalue weighted by Gasteiger charge is 2.03. The van der Waals surface area contributed by atoms with Gasteiger partial charge in [0.1, 0.15) is 6.61 Å². The lowest BCUT2D eigenvalue weighted by Gasteiger charge is -2.16. The van der Waals surface area contributed by atoms with Gasteiger partial charge in [0.25, 0.3) is 0 Å². The summed E-state index contributed by atoms with van der Waals surface area (Å²) >= 11 is 0. The van der Waals surface area contributed by atoms with E-state index in [1.807, 2.05) is 27.8 Å². The first kappa shape index (κ1) is 32.9. The molecule has 0 aromatic rings. The molecule has 2 amide bonds. The summed E-state index contributed by atoms with van der Waals surface area (Å²) in [6.07, 6.45) is 1.39. The molecule has 2 N–H and O–H groups in total. The van der Waals surface area contributed by atoms with Crippen LogP contribution in [0.5, 0.6) is 0 Å². The quantitative estimate of drug-likeness (QED) is 0.225. The minimum absolute atomic E-state index is 0.00434. The molecule has 0 aliphatic rings. The second-order valence-corrected chi connectivity index (χ2v) is 6.59. The molecule has 192 valence electrons. The first-order chi connectivity index (χ1) is 15.6. The number of nitrogens with one attached hydrogen (secondary N) is 2. The molecule has 0 aromatic heterocycles. The highest BCUT2D eigenvalue weighted by atomic mass is 16.5. The molecular weight excluding hydrogens is 418 g/mol. The van der Waals surface area contributed by atoms with Gasteiger partial charge in [0.2, 0.25) is 11.8 Å². The van der Waals surface area contributed by atoms with Crippen LogP contribution in [-0.2, 0) is 33.3 Å². The highest BCUT2D eigenvalue weighted by Crippen LogP contribution is 1.93. The number of likely N-dealkylation sites (N-methyl/N-ethyl adjacent to an activating group) is 1. The molecule has 0 saturated carbocycles. The van der Waals surface area contributed by atoms with Crippen LogP contribution < -0.4 is 10.6 Å². The third-order valence-electron chi connectivity index (χ3n) is 3.91. The molecule has 0 unspecified atom stereocenters. The van der Waals surface area contributed by atoms with E-state index in [4.69, 9.17) is 23.7 Å². The number of carbonyl (C=O) groups excluding carboxylic acids is 2. The number of methoxy groups -OCH3 is 1. The number of amides is 2. The van der Waals surface area contributed by atoms with E-state index in [0.717, 1.165) is 19.5 Å². The van der Waals surface area contributed by atoms with Crippen molar-refractivity contribution in [2.24, 2.45) is 0 Å². The zero-order valence-corrected chi connectivity index (χ0v) is 20.9. The molecule has 0 fully saturated rings. The van der Waals surface area contributed by atoms with Crippen LogP contribution in [0.15, 0.2) is 0 Å². The van der Waals surface area contributed by atoms with Crippen molar-refractivity contribution in [3.8, 4) is 0 Å². The summed E-state index contributed by atoms with van der Waals surface area (Å²) in [7, 11) is 3.62. The standard InChI is InChI=1S/C20H41N3O7.C2H6/c1-4-21-19(24)6-5-8-23(2)9-11-28-14-15-29-16-17-30-18-20(25)22-7-10-27-13-12-26-3;1-2/h4-18H2,1-3H3,(H,21,24)(H,22,25);1-2H3. The van der Waals surface area contributed by atoms with Crippen molar-refractivity contribution >= 4 is 11.8 Å². The van der Waals surface area contributed by atoms with Crippen molar-refractivity contribution in [3.05, 3.63) is 0 Å². The van der Waals surface area contributed by atoms with Crippen LogP contribution in [0.4, 0.5) is 0 Å². The van der Waals surface area contributed by atoms with Gasteiger partial charge < -0.3 is 39.2 Å². The largest absolute Gasteiger partial charge is 0.382 e. The molecule has 0 atom stereocenters. The minimum atomic E-state index is -0.177. The molecular formula is C22H47N3O7. The smallest absolute Gasteiger partial charge is 0.246 e. The third kappa shape index (κ3) is 26.7. The normalized spacial score (nSPS) is 10.6. The van der Waals surface area contributed by atoms with E-state index in [0.29, 0.717) is 72.4 Å². The Bertz CT molecular complexity index is 415. The average molecular weight is 466 g/mol. The van der Waals surface area contributed by atoms with Crippen LogP contribution in [0.3, 0.4) is 0 Å². The monoisotopic (exact) mass is 465 g/mol. The Morgan fingerprint density at radius 2 is 1.34 bits per heavy atom. The molecule has 32 heavy (non-hydrogen) atoms. The molecule has 10 heteroatoms. The fraction of sp³-hybridized carbons (Fsp3) is 0.909. The van der Waals surface area contributed by atoms with Gasteiger partial charge in [-0.2, -0.15) is 0 Å². The van der Waals surface area contributed by atoms with E-state index < -0.39 is 0 Å². The van der Waals surface area contributed by atoms with Gasteiger partial charge in [-0.15, -0.1) is 0 Å². The van der Waals surface area contributed by atoms with Crippen LogP contribution in [0.2, 0.25) is 0 Å². The zero-order chi connectivity index (χ0) is 24.3. The van der Waals surface area contributed by atoms with Crippen molar-refractivity contribution < 1.29 is 33.3 Å². The maximum atomic E-state index is 11.5. The molecule has 0 bridgehead atoms. The van der Waals surface area contributed by atoms with Gasteiger partial charge in [-0.25, -0.2) is 0 Å². The number of carbonyl (C=O) groups is 2. The van der Waals surface area contributed by atoms with E-state index in [9.17, 15) is 9.59 Å². The lowest BCUT2D eigenvalue weighted by atomic mass is 10.3. The summed E-state index contributed by atoms with van der Waals surface area (Å²) in [4.78, 5) is 25.0. The van der Waals surface area contributed by atoms with Crippen LogP contribution >= 0.6 is 0 Å². The molecule has 0 saturated heterocycles. The van der Waals surface area contributed by atoms with Gasteiger partial charge in [-0.3, -0.25) is 9.59 Å². The molecule has 0 aromatic carbocycles. The fourth-order valence-electron chi connectivity index (χ4n) is 2.29. The predicted octanol–water partition coefficient (Wildman–Crippen LogP) is 0.690. The summed E-state index contributed by atoms with van der Waals surface area (Å²) in [5.41, 5.74) is 0. The Morgan fingerprint density at radius 1 is 0.750 bits per heavy atom. The van der Waals surface area contributed by atoms with E-state index in [2.05, 4.69) is 15.5 Å². The van der Waals surface area contributed by atoms with Gasteiger partial charge >= 0.3 is 0 Å². The van der Waals surface area contributed by atoms with Crippen LogP contribution in [0, 0.1) is 0 Å². The Hall–Kier alpha value is -1.30. The molecule has 0 aliphatic heterocycles. The van der Waals surface area contributed by atoms with Crippen molar-refractivity contribution in [1.29, 1.82) is 0 Å². The lowest BCUT2D eigenvalue weighted by Crippen LogP contribution is -2.31. The summed E-state index contributed by atoms with van der Waals surface area (Å²) in [5.74, 6) is -0.0731. The van der Waals surface area contributed by atoms with Crippen LogP contribution in [0.25, 0.3) is 0 Å². The minimum Gasteiger partial charge on any atom is -0.382 e. The summed E-state index contributed by atoms with van der Waals surface area (Å²) in [6.45, 7) is 12.6. The number of ether oxygens (including phenoxy) is 5. The second kappa shape index (κ2) is 27.7. The molecule has 10 nitrogen and oxygen atoms in total. The van der Waals surface area contributed by atoms with Gasteiger partial charge in [0, 0.05) is 33.2 Å². The first-order valence-electron chi connectivity index (χ1n) is 11.6. The molecule has 0 rings (SSSR count). The van der Waals surface area contributed by atoms with Gasteiger partial charge in [0.05, 0.1) is 52.9 Å². The Morgan fingerprint density at radius 3 is 2.00 bits per heavy atom. The Kier molecular flexibility index (Phi) is 28.5. The second-order valence-electron chi connectivity index (χ2n) is 6.59. The van der Waals surface area contributed by atoms with E-state index in [1.54, 1.807) is 7.11 Å². The average Bonchev–Trinajstić information content (AvgIpc) is 2.79. The van der Waals surface area contributed by atoms with Gasteiger partial charge in [-0.05, 0) is 26.9 Å². The zero-order valence-electron chi connectivity index (χ0n) is 20.9. The van der Waals surface area contributed by atoms with E-state index in [1.165, 1.54) is 0 Å². The SMILES string of the molecule is CC.CCNC(=O)CCCN(C)CCOCCOCCOCC(=O)NCCOCCOC. The number of hydrogen-bond donors (Lipinski definition) is 2. The van der Waals surface area contributed by atoms with Crippen molar-refractivity contribution in [2.45, 2.75) is 33.6 Å². The van der Waals surface area contributed by atoms with Crippen LogP contribution in [0.1, 0.15) is 33.6 Å². The highest BCUT2D eigenvalue weighted by molar-refractivity contribution is 5.77. The first-order valence-corrected chi connectivity index (χ1v) is 11.6. The number of nitrogens with zero attached hydrogens (tertiary/aromatic N) is 1. The van der Waals surface area contributed by atoms with Gasteiger partial charge in [0.15, 0.2) is 0 Å². The van der Waals surface area contributed by atoms with E-state index in [-0.39, 0.29) is 18.4 Å². The molecule has 0 radical (unpaired) electrons. The van der Waals surface area contributed by atoms with Crippen molar-refractivity contribution in [2.75, 3.05) is 99.8 Å². The third-order valence-corrected chi connectivity index (χ3v) is 3.91. The summed E-state index contributed by atoms with van der Waals surface area (Å²) in [5, 5.41) is 5.50. The number of hydrogen-bond acceptors (Lipinski definition) is 8. The maximum absolute atomic E-state index is 11.5. The maximum Gasteiger partial charge on any atom is 0.246 e. The Balaban J connectivity index is 0. The van der Waals surface area contributed by atoms with Crippen molar-refractivity contribution in [3.63, 3.8) is 0 Å². The lowest BCUT2D eigenvalue weighted by molar-refractivity contribution is -0.126. The van der Waals surface area contributed by atoms with Crippen molar-refractivity contribution in [1.82, 2.24) is 15.5 Å².